The molecule has 1 saturated carbocycles. The van der Waals surface area contributed by atoms with E-state index in [1.807, 2.05) is 37.5 Å². The number of anilines is 1. The van der Waals surface area contributed by atoms with Crippen LogP contribution in [-0.2, 0) is 16.1 Å². The van der Waals surface area contributed by atoms with Crippen LogP contribution in [0.2, 0.25) is 0 Å². The molecule has 1 N–H and O–H groups in total. The Morgan fingerprint density at radius 1 is 0.975 bits per heavy atom. The van der Waals surface area contributed by atoms with Crippen LogP contribution in [0, 0.1) is 5.82 Å². The molecule has 9 nitrogen and oxygen atoms in total. The monoisotopic (exact) mass is 548 g/mol. The van der Waals surface area contributed by atoms with E-state index in [-0.39, 0.29) is 24.4 Å². The molecule has 0 spiro atoms. The number of rotatable bonds is 6. The number of nitrogens with zero attached hydrogens (tertiary/aromatic N) is 5. The van der Waals surface area contributed by atoms with Crippen LogP contribution in [0.4, 0.5) is 15.0 Å². The highest BCUT2D eigenvalue weighted by Gasteiger charge is 2.28. The number of hydrogen-bond donors (Lipinski definition) is 1. The van der Waals surface area contributed by atoms with Crippen molar-refractivity contribution < 1.29 is 18.7 Å². The maximum Gasteiger partial charge on any atom is 0.410 e. The van der Waals surface area contributed by atoms with Gasteiger partial charge < -0.3 is 24.4 Å². The number of ether oxygens (including phenoxy) is 1. The molecule has 0 unspecified atom stereocenters. The molecule has 2 aliphatic rings. The highest BCUT2D eigenvalue weighted by atomic mass is 19.1. The quantitative estimate of drug-likeness (QED) is 0.456. The van der Waals surface area contributed by atoms with Crippen molar-refractivity contribution in [3.05, 3.63) is 54.7 Å². The summed E-state index contributed by atoms with van der Waals surface area (Å²) in [7, 11) is 0. The van der Waals surface area contributed by atoms with Gasteiger partial charge in [0.1, 0.15) is 23.8 Å². The van der Waals surface area contributed by atoms with Gasteiger partial charge in [-0.1, -0.05) is 12.8 Å². The Kier molecular flexibility index (Phi) is 8.04. The number of halogens is 1. The van der Waals surface area contributed by atoms with Gasteiger partial charge in [-0.25, -0.2) is 19.2 Å². The molecule has 212 valence electrons. The summed E-state index contributed by atoms with van der Waals surface area (Å²) >= 11 is 0. The predicted molar refractivity (Wildman–Crippen MR) is 151 cm³/mol. The van der Waals surface area contributed by atoms with Crippen molar-refractivity contribution in [2.75, 3.05) is 31.5 Å². The molecular formula is C30H37FN6O3. The first-order chi connectivity index (χ1) is 19.2. The van der Waals surface area contributed by atoms with Gasteiger partial charge in [-0.2, -0.15) is 0 Å². The molecule has 0 atom stereocenters. The lowest BCUT2D eigenvalue weighted by molar-refractivity contribution is -0.133. The third-order valence-electron chi connectivity index (χ3n) is 7.29. The molecule has 1 aromatic carbocycles. The molecule has 2 aromatic heterocycles. The van der Waals surface area contributed by atoms with Crippen molar-refractivity contribution in [2.45, 2.75) is 64.6 Å². The van der Waals surface area contributed by atoms with Crippen LogP contribution >= 0.6 is 0 Å². The largest absolute Gasteiger partial charge is 0.444 e. The van der Waals surface area contributed by atoms with E-state index in [9.17, 15) is 14.0 Å². The van der Waals surface area contributed by atoms with Crippen LogP contribution < -0.4 is 5.32 Å². The molecular weight excluding hydrogens is 511 g/mol. The molecule has 0 bridgehead atoms. The first-order valence-electron chi connectivity index (χ1n) is 14.0. The Hall–Kier alpha value is -3.95. The van der Waals surface area contributed by atoms with Gasteiger partial charge in [-0.05, 0) is 70.0 Å². The number of aromatic nitrogens is 3. The zero-order valence-electron chi connectivity index (χ0n) is 23.4. The van der Waals surface area contributed by atoms with Gasteiger partial charge in [-0.3, -0.25) is 4.79 Å². The summed E-state index contributed by atoms with van der Waals surface area (Å²) in [5.41, 5.74) is 2.50. The molecule has 40 heavy (non-hydrogen) atoms. The molecule has 1 aliphatic carbocycles. The van der Waals surface area contributed by atoms with Gasteiger partial charge in [0.05, 0.1) is 17.7 Å². The zero-order chi connectivity index (χ0) is 28.3. The van der Waals surface area contributed by atoms with E-state index in [4.69, 9.17) is 4.74 Å². The summed E-state index contributed by atoms with van der Waals surface area (Å²) in [6, 6.07) is 10.5. The Balaban J connectivity index is 1.36. The SMILES string of the molecule is CC(C)(C)OC(=O)N1CCN(C(=O)Cn2cnc(-c3ccc(F)cc3)c2-c2ccnc(NC3CCCC3)c2)CC1. The van der Waals surface area contributed by atoms with E-state index >= 15 is 0 Å². The molecule has 0 radical (unpaired) electrons. The number of carbonyl (C=O) groups excluding carboxylic acids is 2. The van der Waals surface area contributed by atoms with Crippen molar-refractivity contribution in [2.24, 2.45) is 0 Å². The second-order valence-corrected chi connectivity index (χ2v) is 11.5. The van der Waals surface area contributed by atoms with E-state index in [0.29, 0.717) is 37.9 Å². The molecule has 1 aliphatic heterocycles. The van der Waals surface area contributed by atoms with Crippen LogP contribution in [0.1, 0.15) is 46.5 Å². The van der Waals surface area contributed by atoms with E-state index in [2.05, 4.69) is 15.3 Å². The lowest BCUT2D eigenvalue weighted by atomic mass is 10.1. The number of carbonyl (C=O) groups is 2. The molecule has 10 heteroatoms. The fourth-order valence-corrected chi connectivity index (χ4v) is 5.27. The molecule has 3 aromatic rings. The molecule has 5 rings (SSSR count). The average Bonchev–Trinajstić information content (AvgIpc) is 3.58. The fourth-order valence-electron chi connectivity index (χ4n) is 5.27. The Morgan fingerprint density at radius 3 is 2.33 bits per heavy atom. The van der Waals surface area contributed by atoms with Gasteiger partial charge in [0.15, 0.2) is 0 Å². The minimum Gasteiger partial charge on any atom is -0.444 e. The van der Waals surface area contributed by atoms with Gasteiger partial charge in [0.25, 0.3) is 0 Å². The normalized spacial score (nSPS) is 16.3. The number of pyridine rings is 1. The first kappa shape index (κ1) is 27.6. The maximum atomic E-state index is 13.7. The molecule has 2 amide bonds. The lowest BCUT2D eigenvalue weighted by Gasteiger charge is -2.35. The van der Waals surface area contributed by atoms with Crippen molar-refractivity contribution in [3.63, 3.8) is 0 Å². The van der Waals surface area contributed by atoms with E-state index in [1.165, 1.54) is 25.0 Å². The summed E-state index contributed by atoms with van der Waals surface area (Å²) < 4.78 is 21.0. The van der Waals surface area contributed by atoms with Gasteiger partial charge in [0.2, 0.25) is 5.91 Å². The van der Waals surface area contributed by atoms with Crippen LogP contribution in [-0.4, -0.2) is 74.2 Å². The summed E-state index contributed by atoms with van der Waals surface area (Å²) in [6.07, 6.45) is 7.74. The van der Waals surface area contributed by atoms with Crippen molar-refractivity contribution in [1.29, 1.82) is 0 Å². The highest BCUT2D eigenvalue weighted by molar-refractivity contribution is 5.82. The topological polar surface area (TPSA) is 92.6 Å². The minimum absolute atomic E-state index is 0.0634. The second kappa shape index (κ2) is 11.7. The van der Waals surface area contributed by atoms with Crippen molar-refractivity contribution >= 4 is 17.8 Å². The lowest BCUT2D eigenvalue weighted by Crippen LogP contribution is -2.52. The fraction of sp³-hybridized carbons (Fsp3) is 0.467. The highest BCUT2D eigenvalue weighted by Crippen LogP contribution is 2.33. The number of nitrogens with one attached hydrogen (secondary N) is 1. The number of amides is 2. The molecule has 1 saturated heterocycles. The number of benzene rings is 1. The third kappa shape index (κ3) is 6.60. The van der Waals surface area contributed by atoms with E-state index in [0.717, 1.165) is 35.5 Å². The predicted octanol–water partition coefficient (Wildman–Crippen LogP) is 5.19. The first-order valence-corrected chi connectivity index (χ1v) is 14.0. The van der Waals surface area contributed by atoms with Gasteiger partial charge >= 0.3 is 6.09 Å². The molecule has 2 fully saturated rings. The van der Waals surface area contributed by atoms with E-state index in [1.54, 1.807) is 34.5 Å². The van der Waals surface area contributed by atoms with Gasteiger partial charge in [-0.15, -0.1) is 0 Å². The summed E-state index contributed by atoms with van der Waals surface area (Å²) in [4.78, 5) is 38.4. The van der Waals surface area contributed by atoms with Crippen LogP contribution in [0.3, 0.4) is 0 Å². The van der Waals surface area contributed by atoms with Gasteiger partial charge in [0, 0.05) is 49.5 Å². The Bertz CT molecular complexity index is 1340. The maximum absolute atomic E-state index is 13.7. The summed E-state index contributed by atoms with van der Waals surface area (Å²) in [5.74, 6) is 0.399. The third-order valence-corrected chi connectivity index (χ3v) is 7.29. The van der Waals surface area contributed by atoms with Crippen LogP contribution in [0.25, 0.3) is 22.5 Å². The summed E-state index contributed by atoms with van der Waals surface area (Å²) in [5, 5.41) is 3.54. The Labute approximate surface area is 234 Å². The van der Waals surface area contributed by atoms with Crippen molar-refractivity contribution in [1.82, 2.24) is 24.3 Å². The number of imidazole rings is 1. The zero-order valence-corrected chi connectivity index (χ0v) is 23.4. The van der Waals surface area contributed by atoms with E-state index < -0.39 is 5.60 Å². The van der Waals surface area contributed by atoms with Crippen LogP contribution in [0.15, 0.2) is 48.9 Å². The Morgan fingerprint density at radius 2 is 1.65 bits per heavy atom. The second-order valence-electron chi connectivity index (χ2n) is 11.5. The number of piperazine rings is 1. The smallest absolute Gasteiger partial charge is 0.410 e. The standard InChI is InChI=1S/C30H37FN6O3/c1-30(2,3)40-29(39)36-16-14-35(15-17-36)26(38)19-37-20-33-27(21-8-10-23(31)11-9-21)28(37)22-12-13-32-25(18-22)34-24-6-4-5-7-24/h8-13,18,20,24H,4-7,14-17,19H2,1-3H3,(H,32,34). The number of hydrogen-bond acceptors (Lipinski definition) is 6. The summed E-state index contributed by atoms with van der Waals surface area (Å²) in [6.45, 7) is 7.29. The average molecular weight is 549 g/mol. The minimum atomic E-state index is -0.566. The van der Waals surface area contributed by atoms with Crippen LogP contribution in [0.5, 0.6) is 0 Å². The van der Waals surface area contributed by atoms with Crippen molar-refractivity contribution in [3.8, 4) is 22.5 Å². The molecule has 3 heterocycles.